The summed E-state index contributed by atoms with van der Waals surface area (Å²) in [6, 6.07) is 5.87. The molecule has 1 aliphatic rings. The van der Waals surface area contributed by atoms with E-state index in [-0.39, 0.29) is 11.2 Å². The molecule has 3 rings (SSSR count). The molecule has 0 unspecified atom stereocenters. The Balaban J connectivity index is 2.01. The quantitative estimate of drug-likeness (QED) is 0.738. The summed E-state index contributed by atoms with van der Waals surface area (Å²) in [5, 5.41) is 0. The maximum Gasteiger partial charge on any atom is 0.554 e. The molecule has 0 atom stereocenters. The van der Waals surface area contributed by atoms with Gasteiger partial charge in [0.2, 0.25) is 5.79 Å². The third kappa shape index (κ3) is 1.88. The molecule has 1 aliphatic heterocycles. The van der Waals surface area contributed by atoms with Gasteiger partial charge < -0.3 is 13.7 Å². The first-order valence-electron chi connectivity index (χ1n) is 6.52. The number of hydrogen-bond acceptors (Lipinski definition) is 4. The van der Waals surface area contributed by atoms with Crippen molar-refractivity contribution in [2.24, 2.45) is 0 Å². The van der Waals surface area contributed by atoms with E-state index in [1.807, 2.05) is 52.8 Å². The fourth-order valence-electron chi connectivity index (χ4n) is 2.15. The number of nitrogens with zero attached hydrogens (tertiary/aromatic N) is 1. The van der Waals surface area contributed by atoms with Crippen LogP contribution in [-0.2, 0) is 9.31 Å². The SMILES string of the molecule is Cc1cccc2oc(B3OC(C)(C)C(C)(C)O3)nc12. The van der Waals surface area contributed by atoms with Gasteiger partial charge in [-0.25, -0.2) is 4.98 Å². The highest BCUT2D eigenvalue weighted by Crippen LogP contribution is 2.36. The average molecular weight is 259 g/mol. The lowest BCUT2D eigenvalue weighted by Gasteiger charge is -2.32. The highest BCUT2D eigenvalue weighted by Gasteiger charge is 2.54. The van der Waals surface area contributed by atoms with Crippen LogP contribution in [0.5, 0.6) is 0 Å². The van der Waals surface area contributed by atoms with Crippen molar-refractivity contribution >= 4 is 24.0 Å². The van der Waals surface area contributed by atoms with Crippen LogP contribution in [0.15, 0.2) is 22.6 Å². The second-order valence-corrected chi connectivity index (χ2v) is 6.06. The van der Waals surface area contributed by atoms with Crippen LogP contribution >= 0.6 is 0 Å². The molecule has 5 heteroatoms. The lowest BCUT2D eigenvalue weighted by Crippen LogP contribution is -2.41. The number of oxazole rings is 1. The molecule has 0 spiro atoms. The standard InChI is InChI=1S/C14H18BNO3/c1-9-7-6-8-10-11(9)16-12(17-10)15-18-13(2,3)14(4,5)19-15/h6-8H,1-5H3. The highest BCUT2D eigenvalue weighted by molar-refractivity contribution is 6.59. The van der Waals surface area contributed by atoms with E-state index in [2.05, 4.69) is 4.98 Å². The Kier molecular flexibility index (Phi) is 2.56. The largest absolute Gasteiger partial charge is 0.554 e. The summed E-state index contributed by atoms with van der Waals surface area (Å²) >= 11 is 0. The van der Waals surface area contributed by atoms with E-state index in [0.29, 0.717) is 5.79 Å². The molecule has 0 saturated carbocycles. The monoisotopic (exact) mass is 259 g/mol. The van der Waals surface area contributed by atoms with Gasteiger partial charge in [-0.3, -0.25) is 0 Å². The third-order valence-electron chi connectivity index (χ3n) is 4.09. The van der Waals surface area contributed by atoms with Crippen LogP contribution in [-0.4, -0.2) is 23.3 Å². The van der Waals surface area contributed by atoms with Crippen LogP contribution in [0.3, 0.4) is 0 Å². The summed E-state index contributed by atoms with van der Waals surface area (Å²) in [4.78, 5) is 4.51. The topological polar surface area (TPSA) is 44.5 Å². The molecule has 0 bridgehead atoms. The molecule has 1 saturated heterocycles. The Hall–Kier alpha value is -1.33. The molecule has 1 aromatic heterocycles. The zero-order chi connectivity index (χ0) is 13.8. The number of hydrogen-bond donors (Lipinski definition) is 0. The lowest BCUT2D eigenvalue weighted by atomic mass is 9.90. The van der Waals surface area contributed by atoms with Gasteiger partial charge in [-0.15, -0.1) is 0 Å². The highest BCUT2D eigenvalue weighted by atomic mass is 16.7. The fourth-order valence-corrected chi connectivity index (χ4v) is 2.15. The Morgan fingerprint density at radius 1 is 1.05 bits per heavy atom. The number of aromatic nitrogens is 1. The number of benzene rings is 1. The van der Waals surface area contributed by atoms with Crippen LogP contribution in [0.4, 0.5) is 0 Å². The zero-order valence-corrected chi connectivity index (χ0v) is 12.0. The van der Waals surface area contributed by atoms with Crippen LogP contribution in [0, 0.1) is 6.92 Å². The Labute approximate surface area is 113 Å². The molecular weight excluding hydrogens is 241 g/mol. The number of para-hydroxylation sites is 1. The minimum absolute atomic E-state index is 0.382. The summed E-state index contributed by atoms with van der Waals surface area (Å²) in [5.41, 5.74) is 1.96. The van der Waals surface area contributed by atoms with Gasteiger partial charge in [0.05, 0.1) is 11.2 Å². The summed E-state index contributed by atoms with van der Waals surface area (Å²) in [7, 11) is -0.545. The van der Waals surface area contributed by atoms with Gasteiger partial charge in [0.1, 0.15) is 5.52 Å². The number of aryl methyl sites for hydroxylation is 1. The number of fused-ring (bicyclic) bond motifs is 1. The molecule has 100 valence electrons. The van der Waals surface area contributed by atoms with Gasteiger partial charge in [-0.05, 0) is 46.2 Å². The van der Waals surface area contributed by atoms with Crippen LogP contribution in [0.25, 0.3) is 11.1 Å². The van der Waals surface area contributed by atoms with Gasteiger partial charge in [-0.2, -0.15) is 0 Å². The summed E-state index contributed by atoms with van der Waals surface area (Å²) < 4.78 is 17.6. The molecule has 19 heavy (non-hydrogen) atoms. The van der Waals surface area contributed by atoms with E-state index in [1.165, 1.54) is 0 Å². The van der Waals surface area contributed by atoms with Gasteiger partial charge in [0.15, 0.2) is 5.58 Å². The molecule has 0 N–H and O–H groups in total. The van der Waals surface area contributed by atoms with Crippen molar-refractivity contribution < 1.29 is 13.7 Å². The molecule has 1 fully saturated rings. The van der Waals surface area contributed by atoms with Gasteiger partial charge in [0.25, 0.3) is 0 Å². The molecule has 0 amide bonds. The van der Waals surface area contributed by atoms with Crippen molar-refractivity contribution in [2.45, 2.75) is 45.8 Å². The van der Waals surface area contributed by atoms with Crippen molar-refractivity contribution in [3.63, 3.8) is 0 Å². The van der Waals surface area contributed by atoms with Gasteiger partial charge in [0, 0.05) is 0 Å². The van der Waals surface area contributed by atoms with Gasteiger partial charge in [-0.1, -0.05) is 12.1 Å². The second kappa shape index (κ2) is 3.84. The normalized spacial score (nSPS) is 21.2. The smallest absolute Gasteiger partial charge is 0.444 e. The van der Waals surface area contributed by atoms with Crippen molar-refractivity contribution in [1.82, 2.24) is 4.98 Å². The lowest BCUT2D eigenvalue weighted by molar-refractivity contribution is 0.00578. The molecule has 1 aromatic carbocycles. The van der Waals surface area contributed by atoms with Crippen molar-refractivity contribution in [3.8, 4) is 0 Å². The maximum atomic E-state index is 5.94. The van der Waals surface area contributed by atoms with Crippen molar-refractivity contribution in [2.75, 3.05) is 0 Å². The summed E-state index contributed by atoms with van der Waals surface area (Å²) in [6.45, 7) is 10.1. The first-order chi connectivity index (χ1) is 8.80. The summed E-state index contributed by atoms with van der Waals surface area (Å²) in [6.07, 6.45) is 0. The first-order valence-corrected chi connectivity index (χ1v) is 6.52. The van der Waals surface area contributed by atoms with E-state index in [1.54, 1.807) is 0 Å². The third-order valence-corrected chi connectivity index (χ3v) is 4.09. The predicted molar refractivity (Wildman–Crippen MR) is 74.5 cm³/mol. The molecule has 2 aromatic rings. The Bertz CT molecular complexity index is 617. The molecule has 0 radical (unpaired) electrons. The van der Waals surface area contributed by atoms with Crippen molar-refractivity contribution in [1.29, 1.82) is 0 Å². The van der Waals surface area contributed by atoms with Gasteiger partial charge >= 0.3 is 7.12 Å². The van der Waals surface area contributed by atoms with E-state index >= 15 is 0 Å². The van der Waals surface area contributed by atoms with E-state index in [4.69, 9.17) is 13.7 Å². The molecule has 0 aliphatic carbocycles. The van der Waals surface area contributed by atoms with E-state index < -0.39 is 7.12 Å². The predicted octanol–water partition coefficient (Wildman–Crippen LogP) is 2.44. The van der Waals surface area contributed by atoms with Crippen molar-refractivity contribution in [3.05, 3.63) is 23.8 Å². The van der Waals surface area contributed by atoms with Crippen LogP contribution < -0.4 is 5.79 Å². The fraction of sp³-hybridized carbons (Fsp3) is 0.500. The molecule has 2 heterocycles. The average Bonchev–Trinajstić information content (AvgIpc) is 2.80. The van der Waals surface area contributed by atoms with E-state index in [0.717, 1.165) is 16.7 Å². The zero-order valence-electron chi connectivity index (χ0n) is 12.0. The Morgan fingerprint density at radius 3 is 2.26 bits per heavy atom. The molecular formula is C14H18BNO3. The van der Waals surface area contributed by atoms with Crippen LogP contribution in [0.1, 0.15) is 33.3 Å². The summed E-state index contributed by atoms with van der Waals surface area (Å²) in [5.74, 6) is 0.489. The minimum Gasteiger partial charge on any atom is -0.444 e. The maximum absolute atomic E-state index is 5.94. The first kappa shape index (κ1) is 12.7. The van der Waals surface area contributed by atoms with E-state index in [9.17, 15) is 0 Å². The Morgan fingerprint density at radius 2 is 1.68 bits per heavy atom. The minimum atomic E-state index is -0.545. The molecule has 4 nitrogen and oxygen atoms in total. The second-order valence-electron chi connectivity index (χ2n) is 6.06. The van der Waals surface area contributed by atoms with Crippen LogP contribution in [0.2, 0.25) is 0 Å². The number of rotatable bonds is 1.